The molecule has 0 amide bonds. The van der Waals surface area contributed by atoms with Crippen LogP contribution < -0.4 is 0 Å². The first kappa shape index (κ1) is 10.1. The minimum atomic E-state index is -0.304. The first-order chi connectivity index (χ1) is 6.18. The molecule has 0 saturated heterocycles. The summed E-state index contributed by atoms with van der Waals surface area (Å²) in [5.74, 6) is 0. The first-order valence-corrected chi connectivity index (χ1v) is 4.30. The van der Waals surface area contributed by atoms with Crippen molar-refractivity contribution in [2.45, 2.75) is 19.6 Å². The fourth-order valence-electron chi connectivity index (χ4n) is 1.20. The number of nitrogens with zero attached hydrogens (tertiary/aromatic N) is 3. The maximum atomic E-state index is 9.12. The van der Waals surface area contributed by atoms with Crippen LogP contribution in [-0.4, -0.2) is 39.7 Å². The summed E-state index contributed by atoms with van der Waals surface area (Å²) < 4.78 is 0. The van der Waals surface area contributed by atoms with Crippen LogP contribution >= 0.6 is 0 Å². The Labute approximate surface area is 78.2 Å². The molecule has 1 heterocycles. The van der Waals surface area contributed by atoms with E-state index in [1.54, 1.807) is 25.5 Å². The molecule has 0 bridgehead atoms. The van der Waals surface area contributed by atoms with Crippen LogP contribution in [0.4, 0.5) is 0 Å². The van der Waals surface area contributed by atoms with Gasteiger partial charge in [0.2, 0.25) is 0 Å². The van der Waals surface area contributed by atoms with Gasteiger partial charge in [-0.25, -0.2) is 0 Å². The van der Waals surface area contributed by atoms with Gasteiger partial charge in [0.15, 0.2) is 0 Å². The Balaban J connectivity index is 2.41. The van der Waals surface area contributed by atoms with Gasteiger partial charge < -0.3 is 5.11 Å². The number of aliphatic hydroxyl groups is 1. The van der Waals surface area contributed by atoms with Crippen LogP contribution in [0.5, 0.6) is 0 Å². The lowest BCUT2D eigenvalue weighted by atomic mass is 10.3. The van der Waals surface area contributed by atoms with Gasteiger partial charge in [0.1, 0.15) is 0 Å². The SMILES string of the molecule is CC(O)CN(C)Cc1cnccn1. The van der Waals surface area contributed by atoms with Crippen LogP contribution in [0.25, 0.3) is 0 Å². The van der Waals surface area contributed by atoms with Crippen molar-refractivity contribution in [3.05, 3.63) is 24.3 Å². The molecule has 0 spiro atoms. The van der Waals surface area contributed by atoms with Gasteiger partial charge in [-0.15, -0.1) is 0 Å². The van der Waals surface area contributed by atoms with E-state index in [1.807, 2.05) is 11.9 Å². The van der Waals surface area contributed by atoms with E-state index >= 15 is 0 Å². The number of hydrogen-bond donors (Lipinski definition) is 1. The molecule has 0 aliphatic rings. The second-order valence-electron chi connectivity index (χ2n) is 3.24. The molecule has 1 aromatic rings. The molecule has 4 heteroatoms. The fraction of sp³-hybridized carbons (Fsp3) is 0.556. The molecule has 4 nitrogen and oxygen atoms in total. The third-order valence-corrected chi connectivity index (χ3v) is 1.62. The van der Waals surface area contributed by atoms with Crippen LogP contribution in [0.15, 0.2) is 18.6 Å². The molecule has 1 rings (SSSR count). The van der Waals surface area contributed by atoms with Crippen molar-refractivity contribution in [2.75, 3.05) is 13.6 Å². The summed E-state index contributed by atoms with van der Waals surface area (Å²) in [5.41, 5.74) is 0.922. The molecule has 1 N–H and O–H groups in total. The zero-order valence-corrected chi connectivity index (χ0v) is 8.01. The quantitative estimate of drug-likeness (QED) is 0.725. The Bertz CT molecular complexity index is 238. The van der Waals surface area contributed by atoms with Crippen molar-refractivity contribution in [3.8, 4) is 0 Å². The third kappa shape index (κ3) is 3.96. The minimum absolute atomic E-state index is 0.304. The lowest BCUT2D eigenvalue weighted by Gasteiger charge is -2.17. The number of hydrogen-bond acceptors (Lipinski definition) is 4. The van der Waals surface area contributed by atoms with E-state index < -0.39 is 0 Å². The molecule has 0 aromatic carbocycles. The topological polar surface area (TPSA) is 49.2 Å². The monoisotopic (exact) mass is 181 g/mol. The summed E-state index contributed by atoms with van der Waals surface area (Å²) in [6, 6.07) is 0. The summed E-state index contributed by atoms with van der Waals surface area (Å²) in [4.78, 5) is 10.1. The Hall–Kier alpha value is -1.00. The largest absolute Gasteiger partial charge is 0.392 e. The Morgan fingerprint density at radius 3 is 2.85 bits per heavy atom. The molecule has 0 radical (unpaired) electrons. The molecular formula is C9H15N3O. The van der Waals surface area contributed by atoms with E-state index in [4.69, 9.17) is 5.11 Å². The molecular weight excluding hydrogens is 166 g/mol. The second kappa shape index (κ2) is 4.89. The van der Waals surface area contributed by atoms with E-state index in [0.717, 1.165) is 12.2 Å². The zero-order valence-electron chi connectivity index (χ0n) is 8.01. The van der Waals surface area contributed by atoms with E-state index in [1.165, 1.54) is 0 Å². The first-order valence-electron chi connectivity index (χ1n) is 4.30. The lowest BCUT2D eigenvalue weighted by molar-refractivity contribution is 0.137. The van der Waals surface area contributed by atoms with Gasteiger partial charge in [-0.2, -0.15) is 0 Å². The van der Waals surface area contributed by atoms with Crippen LogP contribution in [0, 0.1) is 0 Å². The number of likely N-dealkylation sites (N-methyl/N-ethyl adjacent to an activating group) is 1. The predicted octanol–water partition coefficient (Wildman–Crippen LogP) is 0.289. The van der Waals surface area contributed by atoms with Crippen molar-refractivity contribution in [3.63, 3.8) is 0 Å². The minimum Gasteiger partial charge on any atom is -0.392 e. The van der Waals surface area contributed by atoms with Crippen molar-refractivity contribution in [1.29, 1.82) is 0 Å². The predicted molar refractivity (Wildman–Crippen MR) is 50.0 cm³/mol. The van der Waals surface area contributed by atoms with Gasteiger partial charge in [-0.3, -0.25) is 14.9 Å². The highest BCUT2D eigenvalue weighted by Crippen LogP contribution is 1.97. The molecule has 0 saturated carbocycles. The average Bonchev–Trinajstić information content (AvgIpc) is 2.04. The highest BCUT2D eigenvalue weighted by molar-refractivity contribution is 4.93. The summed E-state index contributed by atoms with van der Waals surface area (Å²) in [6.45, 7) is 3.14. The molecule has 0 aliphatic heterocycles. The van der Waals surface area contributed by atoms with Crippen molar-refractivity contribution >= 4 is 0 Å². The molecule has 1 atom stereocenters. The highest BCUT2D eigenvalue weighted by atomic mass is 16.3. The van der Waals surface area contributed by atoms with Gasteiger partial charge in [0, 0.05) is 31.7 Å². The molecule has 13 heavy (non-hydrogen) atoms. The molecule has 1 aromatic heterocycles. The second-order valence-corrected chi connectivity index (χ2v) is 3.24. The summed E-state index contributed by atoms with van der Waals surface area (Å²) in [5, 5.41) is 9.12. The number of aromatic nitrogens is 2. The van der Waals surface area contributed by atoms with Crippen molar-refractivity contribution in [2.24, 2.45) is 0 Å². The van der Waals surface area contributed by atoms with Gasteiger partial charge >= 0.3 is 0 Å². The van der Waals surface area contributed by atoms with E-state index in [-0.39, 0.29) is 6.10 Å². The van der Waals surface area contributed by atoms with Crippen LogP contribution in [-0.2, 0) is 6.54 Å². The van der Waals surface area contributed by atoms with Gasteiger partial charge in [0.25, 0.3) is 0 Å². The molecule has 0 aliphatic carbocycles. The van der Waals surface area contributed by atoms with Crippen LogP contribution in [0.2, 0.25) is 0 Å². The van der Waals surface area contributed by atoms with E-state index in [2.05, 4.69) is 9.97 Å². The summed E-state index contributed by atoms with van der Waals surface area (Å²) in [7, 11) is 1.95. The van der Waals surface area contributed by atoms with E-state index in [9.17, 15) is 0 Å². The number of rotatable bonds is 4. The maximum Gasteiger partial charge on any atom is 0.0726 e. The standard InChI is InChI=1S/C9H15N3O/c1-8(13)6-12(2)7-9-5-10-3-4-11-9/h3-5,8,13H,6-7H2,1-2H3. The molecule has 1 unspecified atom stereocenters. The van der Waals surface area contributed by atoms with Crippen LogP contribution in [0.3, 0.4) is 0 Å². The number of aliphatic hydroxyl groups excluding tert-OH is 1. The van der Waals surface area contributed by atoms with Gasteiger partial charge in [0.05, 0.1) is 11.8 Å². The smallest absolute Gasteiger partial charge is 0.0726 e. The summed E-state index contributed by atoms with van der Waals surface area (Å²) in [6.07, 6.45) is 4.75. The van der Waals surface area contributed by atoms with Crippen LogP contribution in [0.1, 0.15) is 12.6 Å². The van der Waals surface area contributed by atoms with Gasteiger partial charge in [-0.05, 0) is 14.0 Å². The van der Waals surface area contributed by atoms with Crippen molar-refractivity contribution < 1.29 is 5.11 Å². The Morgan fingerprint density at radius 1 is 1.54 bits per heavy atom. The summed E-state index contributed by atoms with van der Waals surface area (Å²) >= 11 is 0. The maximum absolute atomic E-state index is 9.12. The normalized spacial score (nSPS) is 13.2. The Morgan fingerprint density at radius 2 is 2.31 bits per heavy atom. The molecule has 0 fully saturated rings. The fourth-order valence-corrected chi connectivity index (χ4v) is 1.20. The highest BCUT2D eigenvalue weighted by Gasteiger charge is 2.03. The Kier molecular flexibility index (Phi) is 3.79. The van der Waals surface area contributed by atoms with E-state index in [0.29, 0.717) is 6.54 Å². The molecule has 72 valence electrons. The lowest BCUT2D eigenvalue weighted by Crippen LogP contribution is -2.27. The zero-order chi connectivity index (χ0) is 9.68. The van der Waals surface area contributed by atoms with Gasteiger partial charge in [-0.1, -0.05) is 0 Å². The average molecular weight is 181 g/mol. The third-order valence-electron chi connectivity index (χ3n) is 1.62. The van der Waals surface area contributed by atoms with Crippen molar-refractivity contribution in [1.82, 2.24) is 14.9 Å².